The summed E-state index contributed by atoms with van der Waals surface area (Å²) in [6, 6.07) is 5.64. The zero-order valence-corrected chi connectivity index (χ0v) is 15.1. The number of ether oxygens (including phenoxy) is 1. The number of Topliss-reactive ketones (excluding diaryl/α,β-unsaturated/α-hetero) is 1. The highest BCUT2D eigenvalue weighted by Gasteiger charge is 2.42. The number of ketones is 1. The van der Waals surface area contributed by atoms with Gasteiger partial charge in [0, 0.05) is 16.4 Å². The lowest BCUT2D eigenvalue weighted by Crippen LogP contribution is -2.36. The highest BCUT2D eigenvalue weighted by atomic mass is 79.9. The molecule has 23 heavy (non-hydrogen) atoms. The minimum absolute atomic E-state index is 0.0101. The van der Waals surface area contributed by atoms with E-state index in [-0.39, 0.29) is 24.3 Å². The first-order valence-electron chi connectivity index (χ1n) is 7.47. The van der Waals surface area contributed by atoms with Crippen molar-refractivity contribution in [2.24, 2.45) is 5.92 Å². The van der Waals surface area contributed by atoms with Gasteiger partial charge in [-0.05, 0) is 45.4 Å². The van der Waals surface area contributed by atoms with Crippen LogP contribution in [0, 0.1) is 5.92 Å². The van der Waals surface area contributed by atoms with Gasteiger partial charge in [0.25, 0.3) is 0 Å². The third kappa shape index (κ3) is 5.42. The molecular weight excluding hydrogens is 362 g/mol. The molecule has 0 spiro atoms. The van der Waals surface area contributed by atoms with Crippen molar-refractivity contribution < 1.29 is 14.3 Å². The van der Waals surface area contributed by atoms with Gasteiger partial charge in [-0.25, -0.2) is 4.79 Å². The summed E-state index contributed by atoms with van der Waals surface area (Å²) in [5.74, 6) is -0.114. The standard InChI is InChI=1S/C16H22BrN3O3/c1-16(2,3)23-15(22)19-8-14(21)10-7-13(10)20-12-5-4-9(17)6-11(12)18/h4-6,10,13,20H,7-8,18H2,1-3H3,(H,19,22). The number of nitrogens with two attached hydrogens (primary N) is 1. The lowest BCUT2D eigenvalue weighted by molar-refractivity contribution is -0.119. The number of rotatable bonds is 5. The zero-order valence-electron chi connectivity index (χ0n) is 13.5. The number of alkyl carbamates (subject to hydrolysis) is 1. The summed E-state index contributed by atoms with van der Waals surface area (Å²) in [5, 5.41) is 5.75. The van der Waals surface area contributed by atoms with Crippen LogP contribution < -0.4 is 16.4 Å². The minimum atomic E-state index is -0.576. The minimum Gasteiger partial charge on any atom is -0.444 e. The molecule has 1 aromatic rings. The molecule has 0 aliphatic heterocycles. The van der Waals surface area contributed by atoms with Crippen LogP contribution in [0.1, 0.15) is 27.2 Å². The molecule has 2 atom stereocenters. The molecule has 2 unspecified atom stereocenters. The molecule has 1 amide bonds. The van der Waals surface area contributed by atoms with E-state index in [1.165, 1.54) is 0 Å². The van der Waals surface area contributed by atoms with Gasteiger partial charge in [-0.15, -0.1) is 0 Å². The van der Waals surface area contributed by atoms with Gasteiger partial charge in [0.2, 0.25) is 0 Å². The van der Waals surface area contributed by atoms with Crippen molar-refractivity contribution in [3.05, 3.63) is 22.7 Å². The summed E-state index contributed by atoms with van der Waals surface area (Å²) in [6.45, 7) is 5.31. The van der Waals surface area contributed by atoms with Gasteiger partial charge in [0.15, 0.2) is 5.78 Å². The summed E-state index contributed by atoms with van der Waals surface area (Å²) in [6.07, 6.45) is 0.165. The van der Waals surface area contributed by atoms with Gasteiger partial charge in [0.1, 0.15) is 5.60 Å². The second-order valence-corrected chi connectivity index (χ2v) is 7.56. The number of hydrogen-bond acceptors (Lipinski definition) is 5. The van der Waals surface area contributed by atoms with Crippen LogP contribution in [-0.4, -0.2) is 30.1 Å². The fraction of sp³-hybridized carbons (Fsp3) is 0.500. The summed E-state index contributed by atoms with van der Waals surface area (Å²) < 4.78 is 6.01. The number of carbonyl (C=O) groups is 2. The second-order valence-electron chi connectivity index (χ2n) is 6.65. The molecule has 0 radical (unpaired) electrons. The van der Waals surface area contributed by atoms with Crippen LogP contribution in [0.2, 0.25) is 0 Å². The summed E-state index contributed by atoms with van der Waals surface area (Å²) in [5.41, 5.74) is 6.79. The van der Waals surface area contributed by atoms with Crippen LogP contribution in [0.15, 0.2) is 22.7 Å². The number of halogens is 1. The Morgan fingerprint density at radius 3 is 2.70 bits per heavy atom. The topological polar surface area (TPSA) is 93.4 Å². The predicted molar refractivity (Wildman–Crippen MR) is 93.3 cm³/mol. The number of carbonyl (C=O) groups excluding carboxylic acids is 2. The Morgan fingerprint density at radius 1 is 1.39 bits per heavy atom. The number of anilines is 2. The molecule has 7 heteroatoms. The Hall–Kier alpha value is -1.76. The number of hydrogen-bond donors (Lipinski definition) is 3. The Balaban J connectivity index is 1.77. The molecule has 6 nitrogen and oxygen atoms in total. The predicted octanol–water partition coefficient (Wildman–Crippen LogP) is 2.93. The highest BCUT2D eigenvalue weighted by molar-refractivity contribution is 9.10. The average molecular weight is 384 g/mol. The van der Waals surface area contributed by atoms with Crippen molar-refractivity contribution in [1.82, 2.24) is 5.32 Å². The quantitative estimate of drug-likeness (QED) is 0.679. The maximum atomic E-state index is 12.1. The number of benzene rings is 1. The van der Waals surface area contributed by atoms with Gasteiger partial charge in [-0.3, -0.25) is 4.79 Å². The monoisotopic (exact) mass is 383 g/mol. The van der Waals surface area contributed by atoms with Gasteiger partial charge in [0.05, 0.1) is 17.9 Å². The largest absolute Gasteiger partial charge is 0.444 e. The molecular formula is C16H22BrN3O3. The maximum Gasteiger partial charge on any atom is 0.408 e. The van der Waals surface area contributed by atoms with Crippen molar-refractivity contribution in [3.8, 4) is 0 Å². The number of nitrogen functional groups attached to an aromatic ring is 1. The first-order valence-corrected chi connectivity index (χ1v) is 8.26. The van der Waals surface area contributed by atoms with Crippen molar-refractivity contribution >= 4 is 39.2 Å². The van der Waals surface area contributed by atoms with E-state index >= 15 is 0 Å². The van der Waals surface area contributed by atoms with E-state index in [1.807, 2.05) is 18.2 Å². The smallest absolute Gasteiger partial charge is 0.408 e. The molecule has 1 aromatic carbocycles. The van der Waals surface area contributed by atoms with Crippen molar-refractivity contribution in [2.75, 3.05) is 17.6 Å². The van der Waals surface area contributed by atoms with Gasteiger partial charge in [-0.1, -0.05) is 15.9 Å². The Kier molecular flexibility index (Phi) is 5.19. The Morgan fingerprint density at radius 2 is 2.09 bits per heavy atom. The Labute approximate surface area is 144 Å². The van der Waals surface area contributed by atoms with Gasteiger partial charge < -0.3 is 21.1 Å². The van der Waals surface area contributed by atoms with E-state index in [9.17, 15) is 9.59 Å². The van der Waals surface area contributed by atoms with E-state index in [4.69, 9.17) is 10.5 Å². The molecule has 1 aliphatic rings. The summed E-state index contributed by atoms with van der Waals surface area (Å²) >= 11 is 3.35. The van der Waals surface area contributed by atoms with Crippen molar-refractivity contribution in [3.63, 3.8) is 0 Å². The fourth-order valence-corrected chi connectivity index (χ4v) is 2.56. The van der Waals surface area contributed by atoms with Gasteiger partial charge in [-0.2, -0.15) is 0 Å². The molecule has 1 aliphatic carbocycles. The first-order chi connectivity index (χ1) is 10.7. The van der Waals surface area contributed by atoms with Crippen LogP contribution in [-0.2, 0) is 9.53 Å². The normalized spacial score (nSPS) is 19.8. The molecule has 0 bridgehead atoms. The molecule has 126 valence electrons. The lowest BCUT2D eigenvalue weighted by Gasteiger charge is -2.19. The molecule has 2 rings (SSSR count). The molecule has 0 aromatic heterocycles. The van der Waals surface area contributed by atoms with Crippen molar-refractivity contribution in [1.29, 1.82) is 0 Å². The second kappa shape index (κ2) is 6.78. The Bertz CT molecular complexity index is 613. The van der Waals surface area contributed by atoms with Crippen LogP contribution >= 0.6 is 15.9 Å². The van der Waals surface area contributed by atoms with Crippen LogP contribution in [0.5, 0.6) is 0 Å². The average Bonchev–Trinajstić information content (AvgIpc) is 3.17. The SMILES string of the molecule is CC(C)(C)OC(=O)NCC(=O)C1CC1Nc1ccc(Br)cc1N. The molecule has 1 fully saturated rings. The fourth-order valence-electron chi connectivity index (χ4n) is 2.18. The van der Waals surface area contributed by atoms with E-state index in [2.05, 4.69) is 26.6 Å². The molecule has 1 saturated carbocycles. The molecule has 0 saturated heterocycles. The van der Waals surface area contributed by atoms with Crippen LogP contribution in [0.25, 0.3) is 0 Å². The van der Waals surface area contributed by atoms with Crippen molar-refractivity contribution in [2.45, 2.75) is 38.8 Å². The van der Waals surface area contributed by atoms with Gasteiger partial charge >= 0.3 is 6.09 Å². The molecule has 4 N–H and O–H groups in total. The number of nitrogens with one attached hydrogen (secondary N) is 2. The highest BCUT2D eigenvalue weighted by Crippen LogP contribution is 2.36. The van der Waals surface area contributed by atoms with E-state index in [0.29, 0.717) is 5.69 Å². The third-order valence-corrected chi connectivity index (χ3v) is 3.86. The summed E-state index contributed by atoms with van der Waals surface area (Å²) in [7, 11) is 0. The zero-order chi connectivity index (χ0) is 17.2. The first kappa shape index (κ1) is 17.6. The van der Waals surface area contributed by atoms with Crippen LogP contribution in [0.3, 0.4) is 0 Å². The van der Waals surface area contributed by atoms with E-state index in [0.717, 1.165) is 16.6 Å². The van der Waals surface area contributed by atoms with E-state index in [1.54, 1.807) is 20.8 Å². The molecule has 0 heterocycles. The summed E-state index contributed by atoms with van der Waals surface area (Å²) in [4.78, 5) is 23.6. The maximum absolute atomic E-state index is 12.1. The third-order valence-electron chi connectivity index (χ3n) is 3.36. The lowest BCUT2D eigenvalue weighted by atomic mass is 10.2. The number of amides is 1. The van der Waals surface area contributed by atoms with Crippen LogP contribution in [0.4, 0.5) is 16.2 Å². The van der Waals surface area contributed by atoms with E-state index < -0.39 is 11.7 Å².